The molecule has 4 aromatic carbocycles. The third-order valence-electron chi connectivity index (χ3n) is 7.36. The molecule has 0 aliphatic rings. The topological polar surface area (TPSA) is 52.8 Å². The summed E-state index contributed by atoms with van der Waals surface area (Å²) in [5, 5.41) is 23.3. The number of nitrogens with zero attached hydrogens (tertiary/aromatic N) is 1. The molecule has 0 amide bonds. The third kappa shape index (κ3) is 6.84. The van der Waals surface area contributed by atoms with Crippen LogP contribution in [0.2, 0.25) is 0 Å². The van der Waals surface area contributed by atoms with Gasteiger partial charge in [0.05, 0.1) is 0 Å². The van der Waals surface area contributed by atoms with Crippen molar-refractivity contribution in [1.82, 2.24) is 0 Å². The standard InChI is InChI=1S/C30H36O2.C7H7N.W/c1-19(2)18-24-20(22-14-10-16-25(27(22)31)29(3,4)5)12-9-13-21(24)23-15-11-17-26(28(23)32)30(6,7)8;8-6-7-4-2-1-3-5-7;/h9-17,19,31-32H,1-8H3;1-5H,6H2;. The average Bonchev–Trinajstić information content (AvgIpc) is 2.90. The van der Waals surface area contributed by atoms with Crippen LogP contribution in [0.5, 0.6) is 11.5 Å². The summed E-state index contributed by atoms with van der Waals surface area (Å²) in [7, 11) is 0. The summed E-state index contributed by atoms with van der Waals surface area (Å²) in [5.74, 6) is 0.904. The van der Waals surface area contributed by atoms with Gasteiger partial charge in [0, 0.05) is 0 Å². The quantitative estimate of drug-likeness (QED) is 0.209. The first-order valence-electron chi connectivity index (χ1n) is 14.3. The van der Waals surface area contributed by atoms with Crippen LogP contribution in [0.4, 0.5) is 0 Å². The van der Waals surface area contributed by atoms with Gasteiger partial charge in [0.1, 0.15) is 0 Å². The number of phenols is 2. The van der Waals surface area contributed by atoms with Gasteiger partial charge in [-0.25, -0.2) is 0 Å². The Morgan fingerprint density at radius 1 is 0.634 bits per heavy atom. The van der Waals surface area contributed by atoms with Crippen molar-refractivity contribution in [3.8, 4) is 33.8 Å². The normalized spacial score (nSPS) is 11.9. The molecule has 214 valence electrons. The van der Waals surface area contributed by atoms with Crippen LogP contribution in [-0.4, -0.2) is 14.1 Å². The van der Waals surface area contributed by atoms with Gasteiger partial charge in [-0.05, 0) is 0 Å². The van der Waals surface area contributed by atoms with Crippen molar-refractivity contribution < 1.29 is 28.1 Å². The van der Waals surface area contributed by atoms with E-state index in [2.05, 4.69) is 91.8 Å². The first kappa shape index (κ1) is 30.8. The van der Waals surface area contributed by atoms with Crippen LogP contribution in [0.1, 0.15) is 77.6 Å². The monoisotopic (exact) mass is 717 g/mol. The molecular weight excluding hydrogens is 674 g/mol. The summed E-state index contributed by atoms with van der Waals surface area (Å²) in [6.45, 7) is 17.9. The fourth-order valence-corrected chi connectivity index (χ4v) is 8.34. The summed E-state index contributed by atoms with van der Waals surface area (Å²) < 4.78 is 6.51. The maximum atomic E-state index is 11.6. The Bertz CT molecular complexity index is 1520. The Hall–Kier alpha value is -3.16. The van der Waals surface area contributed by atoms with Crippen LogP contribution in [0.15, 0.2) is 88.4 Å². The summed E-state index contributed by atoms with van der Waals surface area (Å²) >= 11 is -1.35. The SMILES string of the molecule is CC(C)[C](=[W]=[N]Cc1ccccc1)c1c(-c2cccc(C(C)(C)C)c2O)cccc1-c1cccc(C(C)(C)C)c1O. The molecule has 0 saturated heterocycles. The zero-order chi connectivity index (χ0) is 29.9. The van der Waals surface area contributed by atoms with Crippen LogP contribution in [0, 0.1) is 5.92 Å². The van der Waals surface area contributed by atoms with E-state index >= 15 is 0 Å². The Balaban J connectivity index is 2.07. The van der Waals surface area contributed by atoms with Crippen LogP contribution < -0.4 is 0 Å². The fourth-order valence-electron chi connectivity index (χ4n) is 5.20. The number of aromatic hydroxyl groups is 2. The molecule has 0 aromatic heterocycles. The molecular formula is C37H43NO2W. The van der Waals surface area contributed by atoms with Gasteiger partial charge in [0.15, 0.2) is 0 Å². The molecule has 0 unspecified atom stereocenters. The summed E-state index contributed by atoms with van der Waals surface area (Å²) in [4.78, 5) is 0. The minimum absolute atomic E-state index is 0.205. The van der Waals surface area contributed by atoms with Crippen LogP contribution in [0.25, 0.3) is 22.3 Å². The Kier molecular flexibility index (Phi) is 9.29. The van der Waals surface area contributed by atoms with Gasteiger partial charge in [-0.1, -0.05) is 0 Å². The van der Waals surface area contributed by atoms with Crippen molar-refractivity contribution in [3.05, 3.63) is 107 Å². The number of phenolic OH excluding ortho intramolecular Hbond substituents is 2. The number of hydrogen-bond donors (Lipinski definition) is 2. The number of benzene rings is 4. The molecule has 0 bridgehead atoms. The molecule has 4 heteroatoms. The van der Waals surface area contributed by atoms with Crippen molar-refractivity contribution in [2.45, 2.75) is 72.8 Å². The van der Waals surface area contributed by atoms with Crippen molar-refractivity contribution >= 4 is 3.90 Å². The molecule has 0 atom stereocenters. The molecule has 4 rings (SSSR count). The van der Waals surface area contributed by atoms with Gasteiger partial charge < -0.3 is 0 Å². The van der Waals surface area contributed by atoms with E-state index in [9.17, 15) is 10.2 Å². The van der Waals surface area contributed by atoms with E-state index < -0.39 is 17.9 Å². The van der Waals surface area contributed by atoms with E-state index in [0.29, 0.717) is 18.0 Å². The average molecular weight is 718 g/mol. The summed E-state index contributed by atoms with van der Waals surface area (Å²) in [5.41, 5.74) is 7.37. The summed E-state index contributed by atoms with van der Waals surface area (Å²) in [6, 6.07) is 28.8. The van der Waals surface area contributed by atoms with Crippen molar-refractivity contribution in [2.75, 3.05) is 0 Å². The van der Waals surface area contributed by atoms with E-state index in [1.165, 1.54) is 9.46 Å². The van der Waals surface area contributed by atoms with E-state index in [-0.39, 0.29) is 16.7 Å². The van der Waals surface area contributed by atoms with Gasteiger partial charge in [-0.3, -0.25) is 0 Å². The van der Waals surface area contributed by atoms with E-state index in [1.54, 1.807) is 0 Å². The van der Waals surface area contributed by atoms with Gasteiger partial charge in [0.2, 0.25) is 0 Å². The zero-order valence-electron chi connectivity index (χ0n) is 25.6. The summed E-state index contributed by atoms with van der Waals surface area (Å²) in [6.07, 6.45) is 0. The third-order valence-corrected chi connectivity index (χ3v) is 11.4. The number of rotatable bonds is 6. The molecule has 2 N–H and O–H groups in total. The molecule has 0 fully saturated rings. The molecule has 4 aromatic rings. The zero-order valence-corrected chi connectivity index (χ0v) is 28.6. The van der Waals surface area contributed by atoms with E-state index in [1.807, 2.05) is 48.5 Å². The number of para-hydroxylation sites is 2. The molecule has 0 aliphatic heterocycles. The predicted octanol–water partition coefficient (Wildman–Crippen LogP) is 9.67. The molecule has 41 heavy (non-hydrogen) atoms. The molecule has 3 nitrogen and oxygen atoms in total. The molecule has 0 spiro atoms. The van der Waals surface area contributed by atoms with E-state index in [0.717, 1.165) is 38.9 Å². The van der Waals surface area contributed by atoms with E-state index in [4.69, 9.17) is 3.50 Å². The van der Waals surface area contributed by atoms with Gasteiger partial charge in [-0.2, -0.15) is 0 Å². The molecule has 0 saturated carbocycles. The molecule has 0 radical (unpaired) electrons. The second-order valence-electron chi connectivity index (χ2n) is 13.0. The van der Waals surface area contributed by atoms with Crippen molar-refractivity contribution in [2.24, 2.45) is 9.41 Å². The van der Waals surface area contributed by atoms with Crippen molar-refractivity contribution in [1.29, 1.82) is 0 Å². The van der Waals surface area contributed by atoms with Crippen molar-refractivity contribution in [3.63, 3.8) is 0 Å². The second kappa shape index (κ2) is 12.4. The Morgan fingerprint density at radius 3 is 1.51 bits per heavy atom. The van der Waals surface area contributed by atoms with Gasteiger partial charge in [-0.15, -0.1) is 0 Å². The van der Waals surface area contributed by atoms with Gasteiger partial charge in [0.25, 0.3) is 0 Å². The minimum atomic E-state index is -1.35. The first-order chi connectivity index (χ1) is 19.3. The van der Waals surface area contributed by atoms with Crippen LogP contribution in [0.3, 0.4) is 0 Å². The molecule has 0 heterocycles. The van der Waals surface area contributed by atoms with Crippen LogP contribution >= 0.6 is 0 Å². The van der Waals surface area contributed by atoms with Gasteiger partial charge >= 0.3 is 255 Å². The first-order valence-corrected chi connectivity index (χ1v) is 17.1. The Labute approximate surface area is 254 Å². The number of hydrogen-bond acceptors (Lipinski definition) is 3. The van der Waals surface area contributed by atoms with Crippen LogP contribution in [-0.2, 0) is 35.3 Å². The maximum absolute atomic E-state index is 11.6. The second-order valence-corrected chi connectivity index (χ2v) is 16.2. The Morgan fingerprint density at radius 2 is 1.07 bits per heavy atom. The fraction of sp³-hybridized carbons (Fsp3) is 0.324. The predicted molar refractivity (Wildman–Crippen MR) is 170 cm³/mol. The molecule has 0 aliphatic carbocycles.